The highest BCUT2D eigenvalue weighted by molar-refractivity contribution is 7.80. The van der Waals surface area contributed by atoms with E-state index in [4.69, 9.17) is 12.2 Å². The number of hydrogen-bond donors (Lipinski definition) is 2. The number of thiocarbonyl (C=S) groups is 1. The Kier molecular flexibility index (Phi) is 6.86. The van der Waals surface area contributed by atoms with Crippen LogP contribution in [0.5, 0.6) is 0 Å². The zero-order chi connectivity index (χ0) is 24.4. The van der Waals surface area contributed by atoms with Crippen LogP contribution in [0.4, 0.5) is 5.69 Å². The van der Waals surface area contributed by atoms with Gasteiger partial charge in [-0.05, 0) is 79.9 Å². The molecule has 0 bridgehead atoms. The molecule has 6 nitrogen and oxygen atoms in total. The van der Waals surface area contributed by atoms with E-state index in [1.165, 1.54) is 31.2 Å². The van der Waals surface area contributed by atoms with Gasteiger partial charge in [0.25, 0.3) is 0 Å². The fourth-order valence-electron chi connectivity index (χ4n) is 5.35. The van der Waals surface area contributed by atoms with Crippen molar-refractivity contribution >= 4 is 28.9 Å². The van der Waals surface area contributed by atoms with E-state index in [1.807, 2.05) is 50.4 Å². The minimum atomic E-state index is -0.0646. The Morgan fingerprint density at radius 3 is 2.77 bits per heavy atom. The van der Waals surface area contributed by atoms with Crippen molar-refractivity contribution in [2.75, 3.05) is 11.9 Å². The van der Waals surface area contributed by atoms with Crippen molar-refractivity contribution in [1.82, 2.24) is 19.8 Å². The second-order valence-electron chi connectivity index (χ2n) is 9.77. The highest BCUT2D eigenvalue weighted by atomic mass is 32.1. The first-order chi connectivity index (χ1) is 17.0. The molecule has 2 aromatic heterocycles. The molecule has 182 valence electrons. The standard InChI is InChI=1S/C28H33N5OS/c1-19-10-11-20(2)24(17-19)30-25(34)13-16-33-27(21-12-15-32(18-21)22-7-3-4-8-22)26(31-28(33)35)23-9-5-6-14-29-23/h5-6,9-12,14-15,17-18,22,26-27H,3-4,7-8,13,16H2,1-2H3,(H,30,34)(H,31,35)/t26-,27+/m0/s1. The molecule has 0 spiro atoms. The summed E-state index contributed by atoms with van der Waals surface area (Å²) in [5.74, 6) is -0.00920. The van der Waals surface area contributed by atoms with Crippen LogP contribution in [0, 0.1) is 13.8 Å². The van der Waals surface area contributed by atoms with Crippen LogP contribution < -0.4 is 10.6 Å². The minimum absolute atomic E-state index is 0.00920. The summed E-state index contributed by atoms with van der Waals surface area (Å²) in [6.07, 6.45) is 11.7. The lowest BCUT2D eigenvalue weighted by Gasteiger charge is -2.27. The van der Waals surface area contributed by atoms with E-state index in [0.29, 0.717) is 24.1 Å². The third kappa shape index (κ3) is 5.10. The summed E-state index contributed by atoms with van der Waals surface area (Å²) in [4.78, 5) is 19.7. The van der Waals surface area contributed by atoms with Crippen LogP contribution >= 0.6 is 12.2 Å². The molecule has 1 saturated carbocycles. The van der Waals surface area contributed by atoms with Gasteiger partial charge in [0.2, 0.25) is 5.91 Å². The lowest BCUT2D eigenvalue weighted by Crippen LogP contribution is -2.32. The summed E-state index contributed by atoms with van der Waals surface area (Å²) in [7, 11) is 0. The van der Waals surface area contributed by atoms with Gasteiger partial charge in [-0.25, -0.2) is 0 Å². The third-order valence-electron chi connectivity index (χ3n) is 7.27. The summed E-state index contributed by atoms with van der Waals surface area (Å²) >= 11 is 5.78. The largest absolute Gasteiger partial charge is 0.352 e. The predicted octanol–water partition coefficient (Wildman–Crippen LogP) is 5.62. The Labute approximate surface area is 212 Å². The van der Waals surface area contributed by atoms with E-state index in [-0.39, 0.29) is 18.0 Å². The van der Waals surface area contributed by atoms with Gasteiger partial charge in [-0.1, -0.05) is 31.0 Å². The number of aryl methyl sites for hydroxylation is 2. The molecule has 35 heavy (non-hydrogen) atoms. The number of aromatic nitrogens is 2. The molecule has 3 heterocycles. The molecule has 1 amide bonds. The highest BCUT2D eigenvalue weighted by Gasteiger charge is 2.40. The lowest BCUT2D eigenvalue weighted by molar-refractivity contribution is -0.116. The monoisotopic (exact) mass is 487 g/mol. The summed E-state index contributed by atoms with van der Waals surface area (Å²) < 4.78 is 2.37. The first-order valence-corrected chi connectivity index (χ1v) is 12.9. The van der Waals surface area contributed by atoms with Crippen LogP contribution in [0.3, 0.4) is 0 Å². The Hall–Kier alpha value is -3.19. The summed E-state index contributed by atoms with van der Waals surface area (Å²) in [6.45, 7) is 4.58. The molecule has 2 fully saturated rings. The molecule has 2 N–H and O–H groups in total. The predicted molar refractivity (Wildman–Crippen MR) is 143 cm³/mol. The first-order valence-electron chi connectivity index (χ1n) is 12.5. The maximum absolute atomic E-state index is 12.9. The molecule has 2 aliphatic rings. The van der Waals surface area contributed by atoms with E-state index in [2.05, 4.69) is 49.6 Å². The second kappa shape index (κ2) is 10.2. The zero-order valence-corrected chi connectivity index (χ0v) is 21.2. The molecule has 2 atom stereocenters. The number of amides is 1. The highest BCUT2D eigenvalue weighted by Crippen LogP contribution is 2.40. The van der Waals surface area contributed by atoms with Crippen LogP contribution in [0.2, 0.25) is 0 Å². The maximum Gasteiger partial charge on any atom is 0.226 e. The Morgan fingerprint density at radius 1 is 1.17 bits per heavy atom. The number of anilines is 1. The van der Waals surface area contributed by atoms with E-state index in [0.717, 1.165) is 22.5 Å². The van der Waals surface area contributed by atoms with Crippen molar-refractivity contribution in [2.24, 2.45) is 0 Å². The number of rotatable bonds is 7. The number of hydrogen-bond acceptors (Lipinski definition) is 3. The first kappa shape index (κ1) is 23.5. The Bertz CT molecular complexity index is 1200. The summed E-state index contributed by atoms with van der Waals surface area (Å²) in [6, 6.07) is 14.8. The van der Waals surface area contributed by atoms with Gasteiger partial charge >= 0.3 is 0 Å². The van der Waals surface area contributed by atoms with Gasteiger partial charge in [0.15, 0.2) is 5.11 Å². The number of carbonyl (C=O) groups excluding carboxylic acids is 1. The lowest BCUT2D eigenvalue weighted by atomic mass is 9.99. The van der Waals surface area contributed by atoms with Crippen molar-refractivity contribution in [1.29, 1.82) is 0 Å². The van der Waals surface area contributed by atoms with Gasteiger partial charge in [-0.2, -0.15) is 0 Å². The topological polar surface area (TPSA) is 62.2 Å². The van der Waals surface area contributed by atoms with E-state index >= 15 is 0 Å². The van der Waals surface area contributed by atoms with Crippen LogP contribution in [0.1, 0.15) is 72.6 Å². The van der Waals surface area contributed by atoms with Gasteiger partial charge in [-0.15, -0.1) is 0 Å². The number of benzene rings is 1. The fourth-order valence-corrected chi connectivity index (χ4v) is 5.68. The molecule has 1 aromatic carbocycles. The van der Waals surface area contributed by atoms with E-state index in [1.54, 1.807) is 0 Å². The quantitative estimate of drug-likeness (QED) is 0.424. The maximum atomic E-state index is 12.9. The summed E-state index contributed by atoms with van der Waals surface area (Å²) in [5, 5.41) is 7.24. The average molecular weight is 488 g/mol. The van der Waals surface area contributed by atoms with Crippen LogP contribution in [-0.4, -0.2) is 32.0 Å². The fraction of sp³-hybridized carbons (Fsp3) is 0.393. The molecular formula is C28H33N5OS. The molecule has 0 unspecified atom stereocenters. The smallest absolute Gasteiger partial charge is 0.226 e. The van der Waals surface area contributed by atoms with E-state index in [9.17, 15) is 4.79 Å². The Balaban J connectivity index is 1.36. The van der Waals surface area contributed by atoms with E-state index < -0.39 is 0 Å². The third-order valence-corrected chi connectivity index (χ3v) is 7.62. The molecule has 1 saturated heterocycles. The molecule has 1 aliphatic heterocycles. The van der Waals surface area contributed by atoms with Crippen molar-refractivity contribution in [3.63, 3.8) is 0 Å². The van der Waals surface area contributed by atoms with Gasteiger partial charge in [0, 0.05) is 43.3 Å². The van der Waals surface area contributed by atoms with Gasteiger partial charge in [0.05, 0.1) is 17.8 Å². The van der Waals surface area contributed by atoms with Crippen molar-refractivity contribution in [3.8, 4) is 0 Å². The number of pyridine rings is 1. The minimum Gasteiger partial charge on any atom is -0.352 e. The molecule has 5 rings (SSSR count). The molecular weight excluding hydrogens is 454 g/mol. The van der Waals surface area contributed by atoms with Gasteiger partial charge in [0.1, 0.15) is 0 Å². The number of nitrogens with one attached hydrogen (secondary N) is 2. The number of carbonyl (C=O) groups is 1. The normalized spacial score (nSPS) is 20.3. The average Bonchev–Trinajstić information content (AvgIpc) is 3.60. The van der Waals surface area contributed by atoms with Crippen molar-refractivity contribution < 1.29 is 4.79 Å². The summed E-state index contributed by atoms with van der Waals surface area (Å²) in [5.41, 5.74) is 5.21. The van der Waals surface area contributed by atoms with Crippen LogP contribution in [0.25, 0.3) is 0 Å². The Morgan fingerprint density at radius 2 is 2.00 bits per heavy atom. The molecule has 3 aromatic rings. The number of nitrogens with zero attached hydrogens (tertiary/aromatic N) is 3. The molecule has 0 radical (unpaired) electrons. The van der Waals surface area contributed by atoms with Gasteiger partial charge in [-0.3, -0.25) is 9.78 Å². The van der Waals surface area contributed by atoms with Crippen molar-refractivity contribution in [2.45, 2.75) is 64.1 Å². The second-order valence-corrected chi connectivity index (χ2v) is 10.2. The molecule has 7 heteroatoms. The SMILES string of the molecule is Cc1ccc(C)c(NC(=O)CCN2C(=S)N[C@@H](c3ccccn3)[C@H]2c2ccn(C3CCCC3)c2)c1. The zero-order valence-electron chi connectivity index (χ0n) is 20.4. The van der Waals surface area contributed by atoms with Crippen LogP contribution in [-0.2, 0) is 4.79 Å². The van der Waals surface area contributed by atoms with Gasteiger partial charge < -0.3 is 20.1 Å². The van der Waals surface area contributed by atoms with Crippen molar-refractivity contribution in [3.05, 3.63) is 83.4 Å². The molecule has 1 aliphatic carbocycles. The van der Waals surface area contributed by atoms with Crippen LogP contribution in [0.15, 0.2) is 61.1 Å².